The van der Waals surface area contributed by atoms with Gasteiger partial charge in [-0.15, -0.1) is 0 Å². The molecule has 0 fully saturated rings. The normalized spacial score (nSPS) is 16.3. The Morgan fingerprint density at radius 2 is 1.81 bits per heavy atom. The van der Waals surface area contributed by atoms with Gasteiger partial charge in [0.25, 0.3) is 0 Å². The average molecular weight is 282 g/mol. The van der Waals surface area contributed by atoms with Crippen LogP contribution in [0.3, 0.4) is 0 Å². The first-order valence-electron chi connectivity index (χ1n) is 6.93. The number of nitrogens with two attached hydrogens (primary N) is 2. The lowest BCUT2D eigenvalue weighted by atomic mass is 10.1. The van der Waals surface area contributed by atoms with E-state index < -0.39 is 6.03 Å². The van der Waals surface area contributed by atoms with Gasteiger partial charge >= 0.3 is 6.03 Å². The van der Waals surface area contributed by atoms with Crippen molar-refractivity contribution in [2.45, 2.75) is 18.9 Å². The smallest absolute Gasteiger partial charge is 0.316 e. The molecule has 0 radical (unpaired) electrons. The Kier molecular flexibility index (Phi) is 3.39. The molecule has 0 heterocycles. The SMILES string of the molecule is NC(=O)Nc1ccc(NC2CCc3cc(N)ccc32)cc1. The Labute approximate surface area is 123 Å². The van der Waals surface area contributed by atoms with Crippen LogP contribution in [0.2, 0.25) is 0 Å². The highest BCUT2D eigenvalue weighted by molar-refractivity contribution is 5.87. The van der Waals surface area contributed by atoms with Crippen LogP contribution in [0.5, 0.6) is 0 Å². The molecule has 2 aromatic rings. The van der Waals surface area contributed by atoms with Crippen molar-refractivity contribution in [3.8, 4) is 0 Å². The molecule has 0 spiro atoms. The summed E-state index contributed by atoms with van der Waals surface area (Å²) in [7, 11) is 0. The van der Waals surface area contributed by atoms with E-state index in [4.69, 9.17) is 11.5 Å². The molecule has 3 rings (SSSR count). The summed E-state index contributed by atoms with van der Waals surface area (Å²) < 4.78 is 0. The first kappa shape index (κ1) is 13.3. The zero-order valence-electron chi connectivity index (χ0n) is 11.6. The third-order valence-corrected chi connectivity index (χ3v) is 3.74. The standard InChI is InChI=1S/C16H18N4O/c17-11-2-7-14-10(9-11)1-8-15(14)19-12-3-5-13(6-4-12)20-16(18)21/h2-7,9,15,19H,1,8,17H2,(H3,18,20,21). The van der Waals surface area contributed by atoms with Crippen LogP contribution in [-0.4, -0.2) is 6.03 Å². The number of aryl methyl sites for hydroxylation is 1. The molecule has 5 nitrogen and oxygen atoms in total. The number of carbonyl (C=O) groups excluding carboxylic acids is 1. The van der Waals surface area contributed by atoms with Gasteiger partial charge < -0.3 is 22.1 Å². The van der Waals surface area contributed by atoms with Gasteiger partial charge in [0, 0.05) is 17.1 Å². The summed E-state index contributed by atoms with van der Waals surface area (Å²) in [6.07, 6.45) is 2.10. The molecule has 0 saturated heterocycles. The monoisotopic (exact) mass is 282 g/mol. The van der Waals surface area contributed by atoms with Crippen LogP contribution in [0, 0.1) is 0 Å². The van der Waals surface area contributed by atoms with E-state index in [9.17, 15) is 4.79 Å². The largest absolute Gasteiger partial charge is 0.399 e. The van der Waals surface area contributed by atoms with Gasteiger partial charge in [0.15, 0.2) is 0 Å². The lowest BCUT2D eigenvalue weighted by Gasteiger charge is -2.16. The fourth-order valence-electron chi connectivity index (χ4n) is 2.78. The van der Waals surface area contributed by atoms with Gasteiger partial charge in [-0.25, -0.2) is 4.79 Å². The summed E-state index contributed by atoms with van der Waals surface area (Å²) in [6, 6.07) is 13.3. The summed E-state index contributed by atoms with van der Waals surface area (Å²) in [5.74, 6) is 0. The number of hydrogen-bond acceptors (Lipinski definition) is 3. The van der Waals surface area contributed by atoms with Gasteiger partial charge in [0.1, 0.15) is 0 Å². The van der Waals surface area contributed by atoms with E-state index in [-0.39, 0.29) is 0 Å². The number of nitrogen functional groups attached to an aromatic ring is 1. The summed E-state index contributed by atoms with van der Waals surface area (Å²) >= 11 is 0. The zero-order valence-corrected chi connectivity index (χ0v) is 11.6. The number of amides is 2. The quantitative estimate of drug-likeness (QED) is 0.652. The molecular formula is C16H18N4O. The molecule has 0 aliphatic heterocycles. The van der Waals surface area contributed by atoms with Crippen LogP contribution in [0.1, 0.15) is 23.6 Å². The highest BCUT2D eigenvalue weighted by Gasteiger charge is 2.22. The Morgan fingerprint density at radius 3 is 2.52 bits per heavy atom. The number of primary amides is 1. The van der Waals surface area contributed by atoms with Crippen LogP contribution < -0.4 is 22.1 Å². The molecule has 1 unspecified atom stereocenters. The summed E-state index contributed by atoms with van der Waals surface area (Å²) in [6.45, 7) is 0. The maximum Gasteiger partial charge on any atom is 0.316 e. The summed E-state index contributed by atoms with van der Waals surface area (Å²) in [5, 5.41) is 6.06. The zero-order chi connectivity index (χ0) is 14.8. The van der Waals surface area contributed by atoms with Crippen molar-refractivity contribution in [1.82, 2.24) is 0 Å². The Hall–Kier alpha value is -2.69. The van der Waals surface area contributed by atoms with E-state index in [0.29, 0.717) is 11.7 Å². The van der Waals surface area contributed by atoms with E-state index in [2.05, 4.69) is 22.8 Å². The number of carbonyl (C=O) groups is 1. The van der Waals surface area contributed by atoms with Crippen LogP contribution >= 0.6 is 0 Å². The van der Waals surface area contributed by atoms with Crippen molar-refractivity contribution in [1.29, 1.82) is 0 Å². The van der Waals surface area contributed by atoms with Crippen LogP contribution in [0.4, 0.5) is 21.9 Å². The number of urea groups is 1. The molecule has 6 N–H and O–H groups in total. The minimum atomic E-state index is -0.557. The average Bonchev–Trinajstić information content (AvgIpc) is 2.83. The Bertz CT molecular complexity index is 666. The molecule has 0 aromatic heterocycles. The molecular weight excluding hydrogens is 264 g/mol. The van der Waals surface area contributed by atoms with Crippen molar-refractivity contribution in [2.24, 2.45) is 5.73 Å². The fourth-order valence-corrected chi connectivity index (χ4v) is 2.78. The van der Waals surface area contributed by atoms with E-state index in [1.807, 2.05) is 30.3 Å². The molecule has 21 heavy (non-hydrogen) atoms. The van der Waals surface area contributed by atoms with Gasteiger partial charge in [-0.3, -0.25) is 0 Å². The van der Waals surface area contributed by atoms with Gasteiger partial charge in [-0.2, -0.15) is 0 Å². The van der Waals surface area contributed by atoms with Crippen molar-refractivity contribution in [3.05, 3.63) is 53.6 Å². The van der Waals surface area contributed by atoms with Crippen molar-refractivity contribution >= 4 is 23.1 Å². The molecule has 0 saturated carbocycles. The van der Waals surface area contributed by atoms with Crippen LogP contribution in [0.25, 0.3) is 0 Å². The first-order valence-corrected chi connectivity index (χ1v) is 6.93. The second-order valence-electron chi connectivity index (χ2n) is 5.26. The topological polar surface area (TPSA) is 93.2 Å². The molecule has 1 aliphatic rings. The molecule has 5 heteroatoms. The molecule has 108 valence electrons. The fraction of sp³-hybridized carbons (Fsp3) is 0.188. The summed E-state index contributed by atoms with van der Waals surface area (Å²) in [5.41, 5.74) is 16.0. The molecule has 2 aromatic carbocycles. The van der Waals surface area contributed by atoms with Gasteiger partial charge in [-0.1, -0.05) is 6.07 Å². The van der Waals surface area contributed by atoms with Gasteiger partial charge in [0.05, 0.1) is 6.04 Å². The van der Waals surface area contributed by atoms with Gasteiger partial charge in [-0.05, 0) is 60.4 Å². The number of fused-ring (bicyclic) bond motifs is 1. The number of hydrogen-bond donors (Lipinski definition) is 4. The van der Waals surface area contributed by atoms with Crippen molar-refractivity contribution in [2.75, 3.05) is 16.4 Å². The lowest BCUT2D eigenvalue weighted by molar-refractivity contribution is 0.259. The number of benzene rings is 2. The lowest BCUT2D eigenvalue weighted by Crippen LogP contribution is -2.19. The third kappa shape index (κ3) is 2.91. The highest BCUT2D eigenvalue weighted by Crippen LogP contribution is 2.35. The second kappa shape index (κ2) is 5.36. The maximum absolute atomic E-state index is 10.8. The van der Waals surface area contributed by atoms with E-state index in [1.54, 1.807) is 0 Å². The Morgan fingerprint density at radius 1 is 1.10 bits per heavy atom. The number of rotatable bonds is 3. The first-order chi connectivity index (χ1) is 10.1. The van der Waals surface area contributed by atoms with Crippen LogP contribution in [-0.2, 0) is 6.42 Å². The van der Waals surface area contributed by atoms with Crippen molar-refractivity contribution in [3.63, 3.8) is 0 Å². The highest BCUT2D eigenvalue weighted by atomic mass is 16.2. The third-order valence-electron chi connectivity index (χ3n) is 3.74. The van der Waals surface area contributed by atoms with Gasteiger partial charge in [0.2, 0.25) is 0 Å². The minimum absolute atomic E-state index is 0.301. The molecule has 1 aliphatic carbocycles. The van der Waals surface area contributed by atoms with Crippen molar-refractivity contribution < 1.29 is 4.79 Å². The second-order valence-corrected chi connectivity index (χ2v) is 5.26. The molecule has 0 bridgehead atoms. The van der Waals surface area contributed by atoms with E-state index in [1.165, 1.54) is 11.1 Å². The predicted octanol–water partition coefficient (Wildman–Crippen LogP) is 2.86. The number of nitrogens with one attached hydrogen (secondary N) is 2. The maximum atomic E-state index is 10.8. The minimum Gasteiger partial charge on any atom is -0.399 e. The molecule has 2 amide bonds. The van der Waals surface area contributed by atoms with E-state index >= 15 is 0 Å². The number of anilines is 3. The molecule has 1 atom stereocenters. The van der Waals surface area contributed by atoms with Crippen LogP contribution in [0.15, 0.2) is 42.5 Å². The predicted molar refractivity (Wildman–Crippen MR) is 85.2 cm³/mol. The Balaban J connectivity index is 1.72. The summed E-state index contributed by atoms with van der Waals surface area (Å²) in [4.78, 5) is 10.8. The van der Waals surface area contributed by atoms with E-state index in [0.717, 1.165) is 24.2 Å².